The molecule has 1 unspecified atom stereocenters. The maximum Gasteiger partial charge on any atom is 0.407 e. The molecule has 1 heterocycles. The van der Waals surface area contributed by atoms with E-state index in [2.05, 4.69) is 6.07 Å². The average molecular weight is 310 g/mol. The molecule has 0 spiro atoms. The Balaban J connectivity index is 1.96. The van der Waals surface area contributed by atoms with E-state index in [9.17, 15) is 14.4 Å². The summed E-state index contributed by atoms with van der Waals surface area (Å²) in [6.45, 7) is 0.878. The highest BCUT2D eigenvalue weighted by Gasteiger charge is 2.28. The van der Waals surface area contributed by atoms with Gasteiger partial charge in [-0.25, -0.2) is 9.18 Å². The van der Waals surface area contributed by atoms with E-state index in [1.807, 2.05) is 12.1 Å². The van der Waals surface area contributed by atoms with Gasteiger partial charge in [0.15, 0.2) is 0 Å². The van der Waals surface area contributed by atoms with Crippen LogP contribution >= 0.6 is 0 Å². The van der Waals surface area contributed by atoms with Crippen LogP contribution in [0.4, 0.5) is 9.18 Å². The minimum absolute atomic E-state index is 0.0150. The Hall–Kier alpha value is -2.87. The molecule has 0 radical (unpaired) electrons. The predicted molar refractivity (Wildman–Crippen MR) is 83.5 cm³/mol. The number of rotatable bonds is 2. The lowest BCUT2D eigenvalue weighted by Gasteiger charge is -2.15. The summed E-state index contributed by atoms with van der Waals surface area (Å²) in [5.74, 6) is -0.281. The number of amides is 1. The number of hydrogen-bond acceptors (Lipinski definition) is 2. The molecule has 1 saturated heterocycles. The second-order valence-corrected chi connectivity index (χ2v) is 5.63. The van der Waals surface area contributed by atoms with Crippen molar-refractivity contribution in [2.24, 2.45) is 0 Å². The van der Waals surface area contributed by atoms with Crippen molar-refractivity contribution >= 4 is 6.09 Å². The number of nitrogens with zero attached hydrogens (tertiary/aromatic N) is 2. The van der Waals surface area contributed by atoms with Crippen LogP contribution in [0.2, 0.25) is 0 Å². The fourth-order valence-electron chi connectivity index (χ4n) is 3.01. The monoisotopic (exact) mass is 310 g/mol. The molecule has 1 atom stereocenters. The van der Waals surface area contributed by atoms with Crippen LogP contribution in [0.15, 0.2) is 42.5 Å². The summed E-state index contributed by atoms with van der Waals surface area (Å²) in [6.07, 6.45) is -0.228. The Labute approximate surface area is 133 Å². The molecule has 3 rings (SSSR count). The first-order valence-electron chi connectivity index (χ1n) is 7.36. The van der Waals surface area contributed by atoms with E-state index in [4.69, 9.17) is 5.11 Å². The smallest absolute Gasteiger partial charge is 0.407 e. The van der Waals surface area contributed by atoms with Crippen molar-refractivity contribution in [1.82, 2.24) is 4.90 Å². The zero-order valence-corrected chi connectivity index (χ0v) is 12.4. The molecule has 2 aromatic carbocycles. The minimum Gasteiger partial charge on any atom is -0.465 e. The van der Waals surface area contributed by atoms with Crippen molar-refractivity contribution in [2.75, 3.05) is 13.1 Å². The van der Waals surface area contributed by atoms with Gasteiger partial charge in [0.1, 0.15) is 5.82 Å². The molecule has 0 aliphatic carbocycles. The van der Waals surface area contributed by atoms with Crippen LogP contribution in [0.25, 0.3) is 11.1 Å². The van der Waals surface area contributed by atoms with Crippen molar-refractivity contribution in [3.05, 3.63) is 59.4 Å². The van der Waals surface area contributed by atoms with E-state index in [0.717, 1.165) is 16.7 Å². The highest BCUT2D eigenvalue weighted by atomic mass is 19.1. The minimum atomic E-state index is -0.930. The molecule has 1 amide bonds. The topological polar surface area (TPSA) is 64.3 Å². The molecular formula is C18H15FN2O2. The highest BCUT2D eigenvalue weighted by molar-refractivity contribution is 5.67. The van der Waals surface area contributed by atoms with Gasteiger partial charge in [0.05, 0.1) is 11.6 Å². The first kappa shape index (κ1) is 15.0. The van der Waals surface area contributed by atoms with Crippen LogP contribution in [0.1, 0.15) is 23.5 Å². The number of benzene rings is 2. The fourth-order valence-corrected chi connectivity index (χ4v) is 3.01. The molecule has 1 fully saturated rings. The van der Waals surface area contributed by atoms with Gasteiger partial charge in [-0.15, -0.1) is 0 Å². The Kier molecular flexibility index (Phi) is 3.98. The molecule has 116 valence electrons. The summed E-state index contributed by atoms with van der Waals surface area (Å²) in [7, 11) is 0. The number of likely N-dealkylation sites (tertiary alicyclic amines) is 1. The van der Waals surface area contributed by atoms with E-state index in [-0.39, 0.29) is 11.7 Å². The highest BCUT2D eigenvalue weighted by Crippen LogP contribution is 2.32. The van der Waals surface area contributed by atoms with E-state index < -0.39 is 6.09 Å². The predicted octanol–water partition coefficient (Wildman–Crippen LogP) is 3.83. The van der Waals surface area contributed by atoms with Gasteiger partial charge in [-0.3, -0.25) is 0 Å². The summed E-state index contributed by atoms with van der Waals surface area (Å²) in [5.41, 5.74) is 3.18. The largest absolute Gasteiger partial charge is 0.465 e. The normalized spacial score (nSPS) is 17.0. The number of nitriles is 1. The molecule has 1 aliphatic rings. The van der Waals surface area contributed by atoms with Crippen molar-refractivity contribution in [3.8, 4) is 17.2 Å². The van der Waals surface area contributed by atoms with Crippen molar-refractivity contribution in [1.29, 1.82) is 5.26 Å². The second kappa shape index (κ2) is 6.09. The van der Waals surface area contributed by atoms with E-state index in [0.29, 0.717) is 25.1 Å². The van der Waals surface area contributed by atoms with Crippen LogP contribution in [0.3, 0.4) is 0 Å². The van der Waals surface area contributed by atoms with E-state index in [1.54, 1.807) is 18.2 Å². The van der Waals surface area contributed by atoms with Crippen LogP contribution < -0.4 is 0 Å². The SMILES string of the molecule is N#Cc1ccc(-c2ccc(F)cc2)cc1C1CCN(C(=O)O)C1. The zero-order valence-electron chi connectivity index (χ0n) is 12.4. The van der Waals surface area contributed by atoms with E-state index in [1.165, 1.54) is 17.0 Å². The van der Waals surface area contributed by atoms with Gasteiger partial charge in [-0.05, 0) is 47.4 Å². The molecule has 23 heavy (non-hydrogen) atoms. The zero-order chi connectivity index (χ0) is 16.4. The Morgan fingerprint density at radius 2 is 1.91 bits per heavy atom. The number of halogens is 1. The maximum atomic E-state index is 13.1. The molecule has 5 heteroatoms. The van der Waals surface area contributed by atoms with Crippen molar-refractivity contribution in [2.45, 2.75) is 12.3 Å². The van der Waals surface area contributed by atoms with Gasteiger partial charge in [0, 0.05) is 19.0 Å². The van der Waals surface area contributed by atoms with Crippen LogP contribution in [0.5, 0.6) is 0 Å². The Morgan fingerprint density at radius 3 is 2.52 bits per heavy atom. The van der Waals surface area contributed by atoms with Crippen LogP contribution in [-0.2, 0) is 0 Å². The molecular weight excluding hydrogens is 295 g/mol. The molecule has 0 bridgehead atoms. The Bertz CT molecular complexity index is 781. The van der Waals surface area contributed by atoms with Gasteiger partial charge in [-0.1, -0.05) is 18.2 Å². The average Bonchev–Trinajstić information content (AvgIpc) is 3.05. The Morgan fingerprint density at radius 1 is 1.22 bits per heavy atom. The third-order valence-electron chi connectivity index (χ3n) is 4.25. The molecule has 1 N–H and O–H groups in total. The van der Waals surface area contributed by atoms with Crippen molar-refractivity contribution < 1.29 is 14.3 Å². The summed E-state index contributed by atoms with van der Waals surface area (Å²) in [4.78, 5) is 12.5. The number of hydrogen-bond donors (Lipinski definition) is 1. The lowest BCUT2D eigenvalue weighted by atomic mass is 9.90. The van der Waals surface area contributed by atoms with Gasteiger partial charge < -0.3 is 10.0 Å². The summed E-state index contributed by atoms with van der Waals surface area (Å²) in [6, 6.07) is 13.9. The lowest BCUT2D eigenvalue weighted by Crippen LogP contribution is -2.26. The summed E-state index contributed by atoms with van der Waals surface area (Å²) < 4.78 is 13.1. The first-order chi connectivity index (χ1) is 11.1. The van der Waals surface area contributed by atoms with Gasteiger partial charge in [0.25, 0.3) is 0 Å². The fraction of sp³-hybridized carbons (Fsp3) is 0.222. The summed E-state index contributed by atoms with van der Waals surface area (Å²) in [5, 5.41) is 18.4. The molecule has 0 saturated carbocycles. The lowest BCUT2D eigenvalue weighted by molar-refractivity contribution is 0.155. The maximum absolute atomic E-state index is 13.1. The van der Waals surface area contributed by atoms with Gasteiger partial charge in [-0.2, -0.15) is 5.26 Å². The van der Waals surface area contributed by atoms with Crippen LogP contribution in [0, 0.1) is 17.1 Å². The molecule has 0 aromatic heterocycles. The molecule has 1 aliphatic heterocycles. The molecule has 2 aromatic rings. The quantitative estimate of drug-likeness (QED) is 0.916. The first-order valence-corrected chi connectivity index (χ1v) is 7.36. The summed E-state index contributed by atoms with van der Waals surface area (Å²) >= 11 is 0. The third-order valence-corrected chi connectivity index (χ3v) is 4.25. The van der Waals surface area contributed by atoms with Gasteiger partial charge in [0.2, 0.25) is 0 Å². The van der Waals surface area contributed by atoms with Gasteiger partial charge >= 0.3 is 6.09 Å². The van der Waals surface area contributed by atoms with Crippen LogP contribution in [-0.4, -0.2) is 29.2 Å². The van der Waals surface area contributed by atoms with Crippen molar-refractivity contribution in [3.63, 3.8) is 0 Å². The van der Waals surface area contributed by atoms with E-state index >= 15 is 0 Å². The number of carboxylic acid groups (broad SMARTS) is 1. The third kappa shape index (κ3) is 3.02. The number of carbonyl (C=O) groups is 1. The molecule has 4 nitrogen and oxygen atoms in total. The standard InChI is InChI=1S/C18H15FN2O2/c19-16-5-3-12(4-6-16)13-1-2-14(10-20)17(9-13)15-7-8-21(11-15)18(22)23/h1-6,9,15H,7-8,11H2,(H,22,23). The second-order valence-electron chi connectivity index (χ2n) is 5.63.